The molecule has 1 N–H and O–H groups in total. The van der Waals surface area contributed by atoms with Gasteiger partial charge in [-0.3, -0.25) is 4.90 Å². The highest BCUT2D eigenvalue weighted by molar-refractivity contribution is 5.51. The maximum Gasteiger partial charge on any atom is 0.257 e. The average molecular weight is 326 g/mol. The van der Waals surface area contributed by atoms with Gasteiger partial charge in [0.25, 0.3) is 5.89 Å². The molecule has 1 fully saturated rings. The second-order valence-electron chi connectivity index (χ2n) is 6.17. The van der Waals surface area contributed by atoms with Crippen molar-refractivity contribution in [3.05, 3.63) is 48.5 Å². The number of aromatic nitrogens is 5. The molecule has 0 amide bonds. The number of benzene rings is 1. The smallest absolute Gasteiger partial charge is 0.257 e. The Kier molecular flexibility index (Phi) is 3.83. The van der Waals surface area contributed by atoms with E-state index in [4.69, 9.17) is 4.52 Å². The molecule has 0 radical (unpaired) electrons. The minimum absolute atomic E-state index is 0.436. The third-order valence-electron chi connectivity index (χ3n) is 4.19. The Morgan fingerprint density at radius 1 is 1.25 bits per heavy atom. The van der Waals surface area contributed by atoms with Gasteiger partial charge >= 0.3 is 0 Å². The molecular formula is C16H18N6O2. The van der Waals surface area contributed by atoms with Gasteiger partial charge < -0.3 is 9.63 Å². The van der Waals surface area contributed by atoms with Crippen LogP contribution in [-0.4, -0.2) is 53.8 Å². The third-order valence-corrected chi connectivity index (χ3v) is 4.19. The number of hydrogen-bond donors (Lipinski definition) is 1. The first kappa shape index (κ1) is 15.0. The van der Waals surface area contributed by atoms with E-state index in [1.807, 2.05) is 30.3 Å². The Morgan fingerprint density at radius 2 is 2.12 bits per heavy atom. The summed E-state index contributed by atoms with van der Waals surface area (Å²) in [4.78, 5) is 6.56. The van der Waals surface area contributed by atoms with Crippen LogP contribution in [0.25, 0.3) is 11.5 Å². The van der Waals surface area contributed by atoms with Crippen LogP contribution in [0.1, 0.15) is 12.2 Å². The molecule has 0 spiro atoms. The van der Waals surface area contributed by atoms with E-state index in [-0.39, 0.29) is 0 Å². The van der Waals surface area contributed by atoms with E-state index < -0.39 is 5.60 Å². The Bertz CT molecular complexity index is 788. The van der Waals surface area contributed by atoms with Crippen LogP contribution in [0.2, 0.25) is 0 Å². The molecule has 0 bridgehead atoms. The number of aliphatic hydroxyl groups is 1. The molecule has 1 atom stereocenters. The zero-order chi connectivity index (χ0) is 16.4. The van der Waals surface area contributed by atoms with Crippen LogP contribution in [0.5, 0.6) is 0 Å². The topological polar surface area (TPSA) is 93.1 Å². The van der Waals surface area contributed by atoms with E-state index >= 15 is 0 Å². The number of rotatable bonds is 5. The van der Waals surface area contributed by atoms with Crippen molar-refractivity contribution in [3.8, 4) is 11.5 Å². The minimum Gasteiger partial charge on any atom is -0.387 e. The van der Waals surface area contributed by atoms with E-state index in [1.54, 1.807) is 17.1 Å². The molecule has 2 aromatic heterocycles. The van der Waals surface area contributed by atoms with Crippen LogP contribution < -0.4 is 0 Å². The molecule has 1 aromatic carbocycles. The van der Waals surface area contributed by atoms with E-state index in [2.05, 4.69) is 25.4 Å². The molecule has 0 saturated carbocycles. The van der Waals surface area contributed by atoms with Crippen LogP contribution in [0.15, 0.2) is 47.2 Å². The number of hydrogen-bond acceptors (Lipinski definition) is 7. The van der Waals surface area contributed by atoms with Gasteiger partial charge in [-0.1, -0.05) is 28.6 Å². The highest BCUT2D eigenvalue weighted by atomic mass is 16.5. The van der Waals surface area contributed by atoms with Gasteiger partial charge in [0.15, 0.2) is 5.82 Å². The lowest BCUT2D eigenvalue weighted by molar-refractivity contribution is 0.0271. The first-order valence-electron chi connectivity index (χ1n) is 7.87. The van der Waals surface area contributed by atoms with Crippen LogP contribution in [-0.2, 0) is 13.1 Å². The average Bonchev–Trinajstić information content (AvgIpc) is 3.32. The molecule has 1 unspecified atom stereocenters. The standard InChI is InChI=1S/C16H18N6O2/c23-16(12-22-9-7-17-20-22)6-8-21(11-16)10-14-18-15(24-19-14)13-4-2-1-3-5-13/h1-5,7,9,23H,6,8,10-12H2. The van der Waals surface area contributed by atoms with Crippen LogP contribution in [0, 0.1) is 0 Å². The predicted molar refractivity (Wildman–Crippen MR) is 84.6 cm³/mol. The largest absolute Gasteiger partial charge is 0.387 e. The van der Waals surface area contributed by atoms with Crippen molar-refractivity contribution in [1.29, 1.82) is 0 Å². The summed E-state index contributed by atoms with van der Waals surface area (Å²) < 4.78 is 6.98. The first-order chi connectivity index (χ1) is 11.7. The van der Waals surface area contributed by atoms with Crippen molar-refractivity contribution >= 4 is 0 Å². The van der Waals surface area contributed by atoms with Crippen molar-refractivity contribution in [2.45, 2.75) is 25.1 Å². The lowest BCUT2D eigenvalue weighted by Gasteiger charge is -2.22. The fraction of sp³-hybridized carbons (Fsp3) is 0.375. The molecular weight excluding hydrogens is 308 g/mol. The molecule has 1 aliphatic rings. The zero-order valence-corrected chi connectivity index (χ0v) is 13.1. The van der Waals surface area contributed by atoms with E-state index in [9.17, 15) is 5.11 Å². The fourth-order valence-electron chi connectivity index (χ4n) is 3.04. The summed E-state index contributed by atoms with van der Waals surface area (Å²) in [5.74, 6) is 1.14. The normalized spacial score (nSPS) is 21.4. The molecule has 3 aromatic rings. The van der Waals surface area contributed by atoms with Gasteiger partial charge in [-0.25, -0.2) is 4.68 Å². The molecule has 3 heterocycles. The van der Waals surface area contributed by atoms with E-state index in [0.717, 1.165) is 12.1 Å². The van der Waals surface area contributed by atoms with Gasteiger partial charge in [-0.05, 0) is 18.6 Å². The second kappa shape index (κ2) is 6.14. The maximum atomic E-state index is 10.7. The lowest BCUT2D eigenvalue weighted by Crippen LogP contribution is -2.37. The second-order valence-corrected chi connectivity index (χ2v) is 6.17. The summed E-state index contributed by atoms with van der Waals surface area (Å²) in [6, 6.07) is 9.68. The minimum atomic E-state index is -0.806. The van der Waals surface area contributed by atoms with Gasteiger partial charge in [0.1, 0.15) is 0 Å². The summed E-state index contributed by atoms with van der Waals surface area (Å²) in [7, 11) is 0. The highest BCUT2D eigenvalue weighted by Gasteiger charge is 2.37. The Hall–Kier alpha value is -2.58. The molecule has 8 heteroatoms. The molecule has 24 heavy (non-hydrogen) atoms. The fourth-order valence-corrected chi connectivity index (χ4v) is 3.04. The number of likely N-dealkylation sites (tertiary alicyclic amines) is 1. The van der Waals surface area contributed by atoms with Crippen molar-refractivity contribution in [2.24, 2.45) is 0 Å². The third kappa shape index (κ3) is 3.19. The van der Waals surface area contributed by atoms with E-state index in [1.165, 1.54) is 0 Å². The van der Waals surface area contributed by atoms with Gasteiger partial charge in [0, 0.05) is 24.8 Å². The molecule has 0 aliphatic carbocycles. The number of nitrogens with zero attached hydrogens (tertiary/aromatic N) is 6. The van der Waals surface area contributed by atoms with Gasteiger partial charge in [-0.15, -0.1) is 5.10 Å². The van der Waals surface area contributed by atoms with Crippen molar-refractivity contribution in [3.63, 3.8) is 0 Å². The lowest BCUT2D eigenvalue weighted by atomic mass is 10.0. The maximum absolute atomic E-state index is 10.7. The van der Waals surface area contributed by atoms with Crippen molar-refractivity contribution < 1.29 is 9.63 Å². The molecule has 1 saturated heterocycles. The summed E-state index contributed by atoms with van der Waals surface area (Å²) in [6.07, 6.45) is 4.04. The van der Waals surface area contributed by atoms with Crippen molar-refractivity contribution in [1.82, 2.24) is 30.0 Å². The summed E-state index contributed by atoms with van der Waals surface area (Å²) in [5.41, 5.74) is 0.0973. The highest BCUT2D eigenvalue weighted by Crippen LogP contribution is 2.24. The summed E-state index contributed by atoms with van der Waals surface area (Å²) >= 11 is 0. The molecule has 4 rings (SSSR count). The van der Waals surface area contributed by atoms with Gasteiger partial charge in [0.2, 0.25) is 0 Å². The van der Waals surface area contributed by atoms with Crippen LogP contribution >= 0.6 is 0 Å². The zero-order valence-electron chi connectivity index (χ0n) is 13.1. The van der Waals surface area contributed by atoms with Crippen molar-refractivity contribution in [2.75, 3.05) is 13.1 Å². The predicted octanol–water partition coefficient (Wildman–Crippen LogP) is 0.965. The quantitative estimate of drug-likeness (QED) is 0.746. The van der Waals surface area contributed by atoms with Gasteiger partial charge in [-0.2, -0.15) is 4.98 Å². The van der Waals surface area contributed by atoms with E-state index in [0.29, 0.717) is 37.8 Å². The molecule has 1 aliphatic heterocycles. The molecule has 124 valence electrons. The number of β-amino-alcohol motifs (C(OH)–C–C–N with tert-alkyl or cyclic N) is 1. The SMILES string of the molecule is OC1(Cn2ccnn2)CCN(Cc2noc(-c3ccccc3)n2)C1. The summed E-state index contributed by atoms with van der Waals surface area (Å²) in [5, 5.41) is 22.4. The Labute approximate surface area is 138 Å². The monoisotopic (exact) mass is 326 g/mol. The summed E-state index contributed by atoms with van der Waals surface area (Å²) in [6.45, 7) is 2.31. The Balaban J connectivity index is 1.39. The first-order valence-corrected chi connectivity index (χ1v) is 7.87. The van der Waals surface area contributed by atoms with Crippen LogP contribution in [0.4, 0.5) is 0 Å². The van der Waals surface area contributed by atoms with Crippen LogP contribution in [0.3, 0.4) is 0 Å². The Morgan fingerprint density at radius 3 is 2.92 bits per heavy atom. The molecule has 8 nitrogen and oxygen atoms in total. The van der Waals surface area contributed by atoms with Gasteiger partial charge in [0.05, 0.1) is 24.9 Å².